The van der Waals surface area contributed by atoms with Crippen LogP contribution in [0.25, 0.3) is 10.1 Å². The zero-order chi connectivity index (χ0) is 19.9. The fourth-order valence-corrected chi connectivity index (χ4v) is 4.08. The van der Waals surface area contributed by atoms with Gasteiger partial charge in [0, 0.05) is 15.8 Å². The van der Waals surface area contributed by atoms with Gasteiger partial charge in [0.15, 0.2) is 5.17 Å². The lowest BCUT2D eigenvalue weighted by molar-refractivity contribution is 0.0533. The number of amidine groups is 1. The standard InChI is InChI=1S/C20H20N4O2S2/c1-2-26-19(25)18-17(21)15-10-14(8-9-16(15)28-18)11-23-24-20(22)27-12-13-6-4-3-5-7-13/h3-11H,2,12,21H2,1H3,(H2,22,24). The Kier molecular flexibility index (Phi) is 6.67. The molecular weight excluding hydrogens is 392 g/mol. The topological polar surface area (TPSA) is 103 Å². The van der Waals surface area contributed by atoms with Crippen molar-refractivity contribution in [3.8, 4) is 0 Å². The average molecular weight is 413 g/mol. The van der Waals surface area contributed by atoms with Crippen LogP contribution in [0.3, 0.4) is 0 Å². The minimum absolute atomic E-state index is 0.312. The van der Waals surface area contributed by atoms with E-state index in [1.165, 1.54) is 28.7 Å². The van der Waals surface area contributed by atoms with Crippen LogP contribution in [0, 0.1) is 0 Å². The van der Waals surface area contributed by atoms with Gasteiger partial charge in [0.2, 0.25) is 0 Å². The van der Waals surface area contributed by atoms with Crippen molar-refractivity contribution >= 4 is 56.2 Å². The number of thioether (sulfide) groups is 1. The minimum Gasteiger partial charge on any atom is -0.462 e. The summed E-state index contributed by atoms with van der Waals surface area (Å²) in [5.41, 5.74) is 14.4. The van der Waals surface area contributed by atoms with Crippen LogP contribution in [-0.4, -0.2) is 24.0 Å². The number of carbonyl (C=O) groups excluding carboxylic acids is 1. The predicted octanol–water partition coefficient (Wildman–Crippen LogP) is 4.24. The Bertz CT molecular complexity index is 1030. The molecule has 4 N–H and O–H groups in total. The van der Waals surface area contributed by atoms with E-state index in [0.717, 1.165) is 21.4 Å². The quantitative estimate of drug-likeness (QED) is 0.273. The summed E-state index contributed by atoms with van der Waals surface area (Å²) in [6.45, 7) is 2.08. The molecule has 6 nitrogen and oxygen atoms in total. The van der Waals surface area contributed by atoms with Gasteiger partial charge in [-0.15, -0.1) is 16.4 Å². The van der Waals surface area contributed by atoms with E-state index in [9.17, 15) is 4.79 Å². The molecular formula is C20H20N4O2S2. The number of carbonyl (C=O) groups is 1. The number of rotatable bonds is 6. The number of hydrogen-bond acceptors (Lipinski definition) is 7. The Hall–Kier alpha value is -2.84. The van der Waals surface area contributed by atoms with Crippen molar-refractivity contribution in [1.29, 1.82) is 0 Å². The van der Waals surface area contributed by atoms with Crippen molar-refractivity contribution in [3.05, 3.63) is 64.5 Å². The number of nitrogen functional groups attached to an aromatic ring is 1. The highest BCUT2D eigenvalue weighted by molar-refractivity contribution is 8.13. The summed E-state index contributed by atoms with van der Waals surface area (Å²) in [6, 6.07) is 15.7. The predicted molar refractivity (Wildman–Crippen MR) is 119 cm³/mol. The van der Waals surface area contributed by atoms with Crippen LogP contribution in [-0.2, 0) is 10.5 Å². The first-order chi connectivity index (χ1) is 13.6. The van der Waals surface area contributed by atoms with E-state index in [0.29, 0.717) is 22.3 Å². The van der Waals surface area contributed by atoms with Crippen molar-refractivity contribution in [1.82, 2.24) is 0 Å². The van der Waals surface area contributed by atoms with Crippen molar-refractivity contribution in [2.45, 2.75) is 12.7 Å². The molecule has 28 heavy (non-hydrogen) atoms. The van der Waals surface area contributed by atoms with E-state index in [1.54, 1.807) is 13.1 Å². The molecule has 8 heteroatoms. The van der Waals surface area contributed by atoms with Gasteiger partial charge in [0.25, 0.3) is 0 Å². The molecule has 0 atom stereocenters. The van der Waals surface area contributed by atoms with E-state index in [4.69, 9.17) is 16.2 Å². The number of nitrogens with zero attached hydrogens (tertiary/aromatic N) is 2. The molecule has 0 bridgehead atoms. The normalized spacial score (nSPS) is 12.0. The van der Waals surface area contributed by atoms with Gasteiger partial charge in [0.05, 0.1) is 18.5 Å². The number of benzene rings is 2. The molecule has 0 aliphatic rings. The zero-order valence-corrected chi connectivity index (χ0v) is 16.9. The molecule has 1 heterocycles. The van der Waals surface area contributed by atoms with Crippen molar-refractivity contribution in [2.24, 2.45) is 15.9 Å². The highest BCUT2D eigenvalue weighted by atomic mass is 32.2. The summed E-state index contributed by atoms with van der Waals surface area (Å²) in [6.07, 6.45) is 1.61. The van der Waals surface area contributed by atoms with Crippen LogP contribution >= 0.6 is 23.1 Å². The first kappa shape index (κ1) is 19.9. The molecule has 3 rings (SSSR count). The van der Waals surface area contributed by atoms with Crippen molar-refractivity contribution in [2.75, 3.05) is 12.3 Å². The number of esters is 1. The van der Waals surface area contributed by atoms with E-state index < -0.39 is 5.97 Å². The number of anilines is 1. The van der Waals surface area contributed by atoms with E-state index >= 15 is 0 Å². The van der Waals surface area contributed by atoms with Gasteiger partial charge >= 0.3 is 5.97 Å². The van der Waals surface area contributed by atoms with Gasteiger partial charge in [-0.25, -0.2) is 4.79 Å². The number of hydrogen-bond donors (Lipinski definition) is 2. The highest BCUT2D eigenvalue weighted by Crippen LogP contribution is 2.34. The third-order valence-corrected chi connectivity index (χ3v) is 5.83. The number of thiophene rings is 1. The van der Waals surface area contributed by atoms with Crippen LogP contribution in [0.2, 0.25) is 0 Å². The summed E-state index contributed by atoms with van der Waals surface area (Å²) in [7, 11) is 0. The summed E-state index contributed by atoms with van der Waals surface area (Å²) in [4.78, 5) is 12.4. The monoisotopic (exact) mass is 412 g/mol. The van der Waals surface area contributed by atoms with Gasteiger partial charge in [0.1, 0.15) is 4.88 Å². The third kappa shape index (κ3) is 4.90. The van der Waals surface area contributed by atoms with Crippen LogP contribution in [0.1, 0.15) is 27.7 Å². The first-order valence-corrected chi connectivity index (χ1v) is 10.4. The Morgan fingerprint density at radius 3 is 2.79 bits per heavy atom. The smallest absolute Gasteiger partial charge is 0.350 e. The molecule has 0 saturated carbocycles. The average Bonchev–Trinajstić information content (AvgIpc) is 3.04. The Labute approximate surface area is 171 Å². The lowest BCUT2D eigenvalue weighted by Crippen LogP contribution is -2.06. The van der Waals surface area contributed by atoms with Crippen LogP contribution in [0.5, 0.6) is 0 Å². The van der Waals surface area contributed by atoms with Gasteiger partial charge < -0.3 is 16.2 Å². The van der Waals surface area contributed by atoms with Crippen LogP contribution < -0.4 is 11.5 Å². The Balaban J connectivity index is 1.69. The van der Waals surface area contributed by atoms with Crippen molar-refractivity contribution < 1.29 is 9.53 Å². The molecule has 0 saturated heterocycles. The van der Waals surface area contributed by atoms with E-state index in [2.05, 4.69) is 10.2 Å². The maximum Gasteiger partial charge on any atom is 0.350 e. The molecule has 0 spiro atoms. The number of ether oxygens (including phenoxy) is 1. The number of nitrogens with two attached hydrogens (primary N) is 2. The largest absolute Gasteiger partial charge is 0.462 e. The van der Waals surface area contributed by atoms with E-state index in [1.807, 2.05) is 48.5 Å². The van der Waals surface area contributed by atoms with Crippen LogP contribution in [0.4, 0.5) is 5.69 Å². The molecule has 0 aliphatic carbocycles. The lowest BCUT2D eigenvalue weighted by Gasteiger charge is -1.99. The molecule has 3 aromatic rings. The maximum atomic E-state index is 12.0. The molecule has 2 aromatic carbocycles. The molecule has 144 valence electrons. The minimum atomic E-state index is -0.399. The molecule has 0 aliphatic heterocycles. The second-order valence-electron chi connectivity index (χ2n) is 5.78. The fourth-order valence-electron chi connectivity index (χ4n) is 2.48. The molecule has 1 aromatic heterocycles. The molecule has 0 amide bonds. The lowest BCUT2D eigenvalue weighted by atomic mass is 10.1. The maximum absolute atomic E-state index is 12.0. The van der Waals surface area contributed by atoms with E-state index in [-0.39, 0.29) is 0 Å². The zero-order valence-electron chi connectivity index (χ0n) is 15.3. The summed E-state index contributed by atoms with van der Waals surface area (Å²) in [5.74, 6) is 0.337. The Morgan fingerprint density at radius 2 is 2.04 bits per heavy atom. The van der Waals surface area contributed by atoms with Crippen molar-refractivity contribution in [3.63, 3.8) is 0 Å². The highest BCUT2D eigenvalue weighted by Gasteiger charge is 2.17. The number of fused-ring (bicyclic) bond motifs is 1. The van der Waals surface area contributed by atoms with Gasteiger partial charge in [-0.1, -0.05) is 48.2 Å². The first-order valence-electron chi connectivity index (χ1n) is 8.61. The Morgan fingerprint density at radius 1 is 1.25 bits per heavy atom. The second-order valence-corrected chi connectivity index (χ2v) is 7.83. The van der Waals surface area contributed by atoms with Gasteiger partial charge in [-0.05, 0) is 30.2 Å². The summed E-state index contributed by atoms with van der Waals surface area (Å²) in [5, 5.41) is 9.26. The summed E-state index contributed by atoms with van der Waals surface area (Å²) < 4.78 is 5.96. The van der Waals surface area contributed by atoms with Crippen LogP contribution in [0.15, 0.2) is 58.7 Å². The van der Waals surface area contributed by atoms with Gasteiger partial charge in [-0.3, -0.25) is 0 Å². The third-order valence-electron chi connectivity index (χ3n) is 3.80. The summed E-state index contributed by atoms with van der Waals surface area (Å²) >= 11 is 2.74. The molecule has 0 radical (unpaired) electrons. The second kappa shape index (κ2) is 9.38. The molecule has 0 unspecified atom stereocenters. The molecule has 0 fully saturated rings. The van der Waals surface area contributed by atoms with Gasteiger partial charge in [-0.2, -0.15) is 5.10 Å². The SMILES string of the molecule is CCOC(=O)c1sc2ccc(C=NN=C(N)SCc3ccccc3)cc2c1N. The fraction of sp³-hybridized carbons (Fsp3) is 0.150.